The van der Waals surface area contributed by atoms with Gasteiger partial charge in [-0.1, -0.05) is 6.92 Å². The number of hydrogen-bond acceptors (Lipinski definition) is 3. The summed E-state index contributed by atoms with van der Waals surface area (Å²) in [4.78, 5) is 11.4. The number of aldehydes is 1. The van der Waals surface area contributed by atoms with E-state index in [0.717, 1.165) is 55.8 Å². The van der Waals surface area contributed by atoms with Crippen molar-refractivity contribution in [3.05, 3.63) is 0 Å². The molecule has 0 bridgehead atoms. The molecule has 3 aliphatic carbocycles. The Balaban J connectivity index is 1.56. The first-order valence-corrected chi connectivity index (χ1v) is 9.24. The van der Waals surface area contributed by atoms with Gasteiger partial charge in [-0.05, 0) is 81.5 Å². The summed E-state index contributed by atoms with van der Waals surface area (Å²) in [6, 6.07) is 0. The molecule has 0 aromatic rings. The SMILES string of the molecule is C[C@@]1(O)CC[C@H]2C(CCC3[C@@H]2CC[C@]2(C)[C@@H](C=O)OC[C@@H]32)C1. The van der Waals surface area contributed by atoms with Gasteiger partial charge in [0.25, 0.3) is 0 Å². The van der Waals surface area contributed by atoms with Crippen molar-refractivity contribution in [2.24, 2.45) is 35.0 Å². The standard InChI is InChI=1S/C19H30O3/c1-18(21)7-5-13-12(9-18)3-4-15-14(13)6-8-19(2)16(15)11-22-17(19)10-20/h10,12-17,21H,3-9,11H2,1-2H3/t12?,13-,14+,15?,16-,17+,18+,19-/m0/s1. The van der Waals surface area contributed by atoms with Crippen molar-refractivity contribution >= 4 is 6.29 Å². The van der Waals surface area contributed by atoms with Crippen molar-refractivity contribution < 1.29 is 14.6 Å². The van der Waals surface area contributed by atoms with Crippen LogP contribution in [0.2, 0.25) is 0 Å². The Morgan fingerprint density at radius 1 is 1.05 bits per heavy atom. The van der Waals surface area contributed by atoms with Gasteiger partial charge in [0.2, 0.25) is 0 Å². The smallest absolute Gasteiger partial charge is 0.149 e. The van der Waals surface area contributed by atoms with E-state index in [1.807, 2.05) is 6.92 Å². The Bertz CT molecular complexity index is 460. The molecule has 4 aliphatic rings. The molecule has 1 aliphatic heterocycles. The summed E-state index contributed by atoms with van der Waals surface area (Å²) in [6.07, 6.45) is 8.96. The third-order valence-electron chi connectivity index (χ3n) is 7.90. The first-order chi connectivity index (χ1) is 10.4. The fourth-order valence-corrected chi connectivity index (χ4v) is 6.69. The summed E-state index contributed by atoms with van der Waals surface area (Å²) in [5.41, 5.74) is -0.355. The molecule has 2 unspecified atom stereocenters. The molecule has 124 valence electrons. The number of hydrogen-bond donors (Lipinski definition) is 1. The van der Waals surface area contributed by atoms with E-state index in [4.69, 9.17) is 4.74 Å². The maximum absolute atomic E-state index is 11.4. The summed E-state index contributed by atoms with van der Waals surface area (Å²) >= 11 is 0. The third kappa shape index (κ3) is 2.11. The molecule has 22 heavy (non-hydrogen) atoms. The van der Waals surface area contributed by atoms with Crippen molar-refractivity contribution in [3.8, 4) is 0 Å². The Labute approximate surface area is 133 Å². The number of carbonyl (C=O) groups is 1. The summed E-state index contributed by atoms with van der Waals surface area (Å²) in [5.74, 6) is 3.65. The molecule has 4 fully saturated rings. The molecule has 0 spiro atoms. The van der Waals surface area contributed by atoms with Crippen LogP contribution in [0.25, 0.3) is 0 Å². The van der Waals surface area contributed by atoms with Crippen molar-refractivity contribution in [2.75, 3.05) is 6.61 Å². The highest BCUT2D eigenvalue weighted by atomic mass is 16.5. The average Bonchev–Trinajstić information content (AvgIpc) is 2.82. The molecule has 0 radical (unpaired) electrons. The van der Waals surface area contributed by atoms with Crippen molar-refractivity contribution in [2.45, 2.75) is 70.5 Å². The third-order valence-corrected chi connectivity index (χ3v) is 7.90. The summed E-state index contributed by atoms with van der Waals surface area (Å²) in [6.45, 7) is 5.10. The zero-order valence-electron chi connectivity index (χ0n) is 14.0. The molecule has 0 aromatic carbocycles. The Kier molecular flexibility index (Phi) is 3.47. The first kappa shape index (κ1) is 15.1. The second-order valence-electron chi connectivity index (χ2n) is 9.11. The van der Waals surface area contributed by atoms with Crippen molar-refractivity contribution in [1.29, 1.82) is 0 Å². The fourth-order valence-electron chi connectivity index (χ4n) is 6.69. The van der Waals surface area contributed by atoms with Crippen LogP contribution < -0.4 is 0 Å². The highest BCUT2D eigenvalue weighted by Crippen LogP contribution is 2.61. The Morgan fingerprint density at radius 3 is 2.59 bits per heavy atom. The van der Waals surface area contributed by atoms with E-state index < -0.39 is 5.60 Å². The first-order valence-electron chi connectivity index (χ1n) is 9.24. The van der Waals surface area contributed by atoms with E-state index in [0.29, 0.717) is 5.92 Å². The van der Waals surface area contributed by atoms with E-state index in [-0.39, 0.29) is 11.5 Å². The normalized spacial score (nSPS) is 57.6. The van der Waals surface area contributed by atoms with Gasteiger partial charge in [0.05, 0.1) is 12.2 Å². The maximum atomic E-state index is 11.4. The van der Waals surface area contributed by atoms with Crippen LogP contribution in [-0.2, 0) is 9.53 Å². The topological polar surface area (TPSA) is 46.5 Å². The van der Waals surface area contributed by atoms with Gasteiger partial charge in [-0.3, -0.25) is 0 Å². The lowest BCUT2D eigenvalue weighted by Crippen LogP contribution is -2.51. The molecule has 0 aromatic heterocycles. The quantitative estimate of drug-likeness (QED) is 0.757. The molecule has 0 amide bonds. The van der Waals surface area contributed by atoms with Gasteiger partial charge < -0.3 is 14.6 Å². The predicted molar refractivity (Wildman–Crippen MR) is 84.3 cm³/mol. The molecular formula is C19H30O3. The van der Waals surface area contributed by atoms with Crippen LogP contribution in [0, 0.1) is 35.0 Å². The minimum absolute atomic E-state index is 0.0793. The van der Waals surface area contributed by atoms with Crippen LogP contribution in [0.3, 0.4) is 0 Å². The molecule has 1 N–H and O–H groups in total. The van der Waals surface area contributed by atoms with Gasteiger partial charge in [-0.2, -0.15) is 0 Å². The summed E-state index contributed by atoms with van der Waals surface area (Å²) in [7, 11) is 0. The summed E-state index contributed by atoms with van der Waals surface area (Å²) < 4.78 is 5.86. The van der Waals surface area contributed by atoms with Crippen LogP contribution in [0.4, 0.5) is 0 Å². The zero-order valence-corrected chi connectivity index (χ0v) is 14.0. The van der Waals surface area contributed by atoms with Crippen LogP contribution in [-0.4, -0.2) is 29.7 Å². The molecular weight excluding hydrogens is 276 g/mol. The van der Waals surface area contributed by atoms with Gasteiger partial charge in [0, 0.05) is 5.41 Å². The van der Waals surface area contributed by atoms with E-state index in [1.54, 1.807) is 0 Å². The van der Waals surface area contributed by atoms with Crippen molar-refractivity contribution in [3.63, 3.8) is 0 Å². The molecule has 1 saturated heterocycles. The minimum atomic E-state index is -0.434. The highest BCUT2D eigenvalue weighted by molar-refractivity contribution is 5.58. The Morgan fingerprint density at radius 2 is 1.82 bits per heavy atom. The van der Waals surface area contributed by atoms with E-state index in [1.165, 1.54) is 25.7 Å². The molecule has 8 atom stereocenters. The molecule has 3 saturated carbocycles. The second-order valence-corrected chi connectivity index (χ2v) is 9.11. The number of ether oxygens (including phenoxy) is 1. The molecule has 4 rings (SSSR count). The molecule has 3 nitrogen and oxygen atoms in total. The number of aliphatic hydroxyl groups is 1. The number of fused-ring (bicyclic) bond motifs is 5. The monoisotopic (exact) mass is 306 g/mol. The second kappa shape index (κ2) is 5.04. The number of rotatable bonds is 1. The highest BCUT2D eigenvalue weighted by Gasteiger charge is 2.58. The average molecular weight is 306 g/mol. The van der Waals surface area contributed by atoms with Crippen LogP contribution in [0.1, 0.15) is 58.8 Å². The molecule has 3 heteroatoms. The zero-order chi connectivity index (χ0) is 15.5. The van der Waals surface area contributed by atoms with E-state index >= 15 is 0 Å². The van der Waals surface area contributed by atoms with Crippen LogP contribution >= 0.6 is 0 Å². The van der Waals surface area contributed by atoms with Gasteiger partial charge in [-0.25, -0.2) is 0 Å². The van der Waals surface area contributed by atoms with E-state index in [2.05, 4.69) is 6.92 Å². The lowest BCUT2D eigenvalue weighted by Gasteiger charge is -2.55. The van der Waals surface area contributed by atoms with Crippen LogP contribution in [0.5, 0.6) is 0 Å². The summed E-state index contributed by atoms with van der Waals surface area (Å²) in [5, 5.41) is 10.4. The lowest BCUT2D eigenvalue weighted by atomic mass is 9.49. The number of carbonyl (C=O) groups excluding carboxylic acids is 1. The van der Waals surface area contributed by atoms with E-state index in [9.17, 15) is 9.90 Å². The largest absolute Gasteiger partial charge is 0.390 e. The molecule has 1 heterocycles. The lowest BCUT2D eigenvalue weighted by molar-refractivity contribution is -0.123. The van der Waals surface area contributed by atoms with Gasteiger partial charge >= 0.3 is 0 Å². The van der Waals surface area contributed by atoms with Gasteiger partial charge in [-0.15, -0.1) is 0 Å². The fraction of sp³-hybridized carbons (Fsp3) is 0.947. The van der Waals surface area contributed by atoms with Gasteiger partial charge in [0.15, 0.2) is 0 Å². The maximum Gasteiger partial charge on any atom is 0.149 e. The Hall–Kier alpha value is -0.410. The minimum Gasteiger partial charge on any atom is -0.390 e. The van der Waals surface area contributed by atoms with Crippen LogP contribution in [0.15, 0.2) is 0 Å². The van der Waals surface area contributed by atoms with Crippen molar-refractivity contribution in [1.82, 2.24) is 0 Å². The predicted octanol–water partition coefficient (Wildman–Crippen LogP) is 3.19. The van der Waals surface area contributed by atoms with Gasteiger partial charge in [0.1, 0.15) is 12.4 Å².